The number of thioether (sulfide) groups is 1. The summed E-state index contributed by atoms with van der Waals surface area (Å²) in [7, 11) is 1.75. The average molecular weight is 247 g/mol. The Hall–Kier alpha value is 0.270. The highest BCUT2D eigenvalue weighted by Crippen LogP contribution is 2.29. The summed E-state index contributed by atoms with van der Waals surface area (Å²) in [5.41, 5.74) is 0.397. The van der Waals surface area contributed by atoms with Crippen LogP contribution in [0.5, 0.6) is 0 Å². The van der Waals surface area contributed by atoms with Gasteiger partial charge in [-0.2, -0.15) is 11.8 Å². The number of rotatable bonds is 9. The van der Waals surface area contributed by atoms with Crippen LogP contribution in [0.4, 0.5) is 0 Å². The van der Waals surface area contributed by atoms with Crippen LogP contribution in [0.3, 0.4) is 0 Å². The van der Waals surface area contributed by atoms with E-state index in [0.29, 0.717) is 5.41 Å². The van der Waals surface area contributed by atoms with E-state index < -0.39 is 0 Å². The van der Waals surface area contributed by atoms with E-state index in [4.69, 9.17) is 4.74 Å². The maximum Gasteiger partial charge on any atom is 0.0587 e. The van der Waals surface area contributed by atoms with E-state index in [9.17, 15) is 0 Å². The molecule has 2 nitrogen and oxygen atoms in total. The summed E-state index contributed by atoms with van der Waals surface area (Å²) in [6.45, 7) is 12.1. The molecule has 0 saturated carbocycles. The molecule has 0 aliphatic carbocycles. The smallest absolute Gasteiger partial charge is 0.0587 e. The Morgan fingerprint density at radius 1 is 1.31 bits per heavy atom. The van der Waals surface area contributed by atoms with Crippen LogP contribution in [0.1, 0.15) is 34.1 Å². The highest BCUT2D eigenvalue weighted by Gasteiger charge is 2.23. The van der Waals surface area contributed by atoms with Crippen molar-refractivity contribution in [3.8, 4) is 0 Å². The minimum absolute atomic E-state index is 0.397. The first-order valence-corrected chi connectivity index (χ1v) is 7.45. The van der Waals surface area contributed by atoms with Gasteiger partial charge in [0.25, 0.3) is 0 Å². The van der Waals surface area contributed by atoms with Gasteiger partial charge in [0.1, 0.15) is 0 Å². The van der Waals surface area contributed by atoms with Crippen molar-refractivity contribution in [2.24, 2.45) is 11.3 Å². The predicted octanol–water partition coefficient (Wildman–Crippen LogP) is 3.03. The SMILES string of the molecule is CCSCCC(CNCCOC)C(C)(C)C. The molecule has 0 rings (SSSR count). The van der Waals surface area contributed by atoms with Gasteiger partial charge in [-0.1, -0.05) is 27.7 Å². The summed E-state index contributed by atoms with van der Waals surface area (Å²) in [4.78, 5) is 0. The van der Waals surface area contributed by atoms with E-state index in [1.165, 1.54) is 17.9 Å². The third-order valence-electron chi connectivity index (χ3n) is 2.91. The molecule has 0 aromatic heterocycles. The fraction of sp³-hybridized carbons (Fsp3) is 1.00. The lowest BCUT2D eigenvalue weighted by atomic mass is 9.79. The van der Waals surface area contributed by atoms with Gasteiger partial charge in [-0.25, -0.2) is 0 Å². The highest BCUT2D eigenvalue weighted by atomic mass is 32.2. The molecule has 1 atom stereocenters. The molecule has 0 spiro atoms. The highest BCUT2D eigenvalue weighted by molar-refractivity contribution is 7.99. The molecular weight excluding hydrogens is 218 g/mol. The minimum atomic E-state index is 0.397. The number of nitrogens with one attached hydrogen (secondary N) is 1. The van der Waals surface area contributed by atoms with Crippen LogP contribution in [-0.4, -0.2) is 38.3 Å². The van der Waals surface area contributed by atoms with Gasteiger partial charge in [0, 0.05) is 13.7 Å². The zero-order chi connectivity index (χ0) is 12.4. The van der Waals surface area contributed by atoms with Crippen LogP contribution in [0.15, 0.2) is 0 Å². The Balaban J connectivity index is 3.82. The van der Waals surface area contributed by atoms with Crippen molar-refractivity contribution in [2.75, 3.05) is 38.3 Å². The third-order valence-corrected chi connectivity index (χ3v) is 3.85. The van der Waals surface area contributed by atoms with Crippen LogP contribution in [0, 0.1) is 11.3 Å². The van der Waals surface area contributed by atoms with Crippen LogP contribution in [0.2, 0.25) is 0 Å². The molecule has 0 aromatic carbocycles. The third kappa shape index (κ3) is 8.43. The zero-order valence-electron chi connectivity index (χ0n) is 11.6. The van der Waals surface area contributed by atoms with Crippen LogP contribution in [0.25, 0.3) is 0 Å². The Morgan fingerprint density at radius 2 is 2.00 bits per heavy atom. The summed E-state index contributed by atoms with van der Waals surface area (Å²) < 4.78 is 5.04. The Bertz CT molecular complexity index is 157. The fourth-order valence-electron chi connectivity index (χ4n) is 1.66. The lowest BCUT2D eigenvalue weighted by Crippen LogP contribution is -2.33. The number of methoxy groups -OCH3 is 1. The predicted molar refractivity (Wildman–Crippen MR) is 75.3 cm³/mol. The van der Waals surface area contributed by atoms with Gasteiger partial charge in [-0.05, 0) is 35.8 Å². The van der Waals surface area contributed by atoms with E-state index in [1.54, 1.807) is 7.11 Å². The first-order chi connectivity index (χ1) is 7.52. The summed E-state index contributed by atoms with van der Waals surface area (Å²) in [6, 6.07) is 0. The quantitative estimate of drug-likeness (QED) is 0.633. The molecule has 1 N–H and O–H groups in total. The molecule has 1 unspecified atom stereocenters. The average Bonchev–Trinajstić information content (AvgIpc) is 2.20. The van der Waals surface area contributed by atoms with E-state index in [2.05, 4.69) is 33.0 Å². The van der Waals surface area contributed by atoms with Crippen LogP contribution < -0.4 is 5.32 Å². The molecule has 0 aromatic rings. The second-order valence-corrected chi connectivity index (χ2v) is 6.64. The summed E-state index contributed by atoms with van der Waals surface area (Å²) in [5.74, 6) is 3.27. The molecular formula is C13H29NOS. The second-order valence-electron chi connectivity index (χ2n) is 5.25. The number of ether oxygens (including phenoxy) is 1. The van der Waals surface area contributed by atoms with Crippen LogP contribution in [-0.2, 0) is 4.74 Å². The fourth-order valence-corrected chi connectivity index (χ4v) is 2.40. The van der Waals surface area contributed by atoms with Gasteiger partial charge in [0.15, 0.2) is 0 Å². The molecule has 0 bridgehead atoms. The molecule has 0 aliphatic rings. The first kappa shape index (κ1) is 16.3. The Labute approximate surface area is 106 Å². The molecule has 0 heterocycles. The molecule has 0 fully saturated rings. The molecule has 0 radical (unpaired) electrons. The second kappa shape index (κ2) is 9.32. The van der Waals surface area contributed by atoms with Crippen molar-refractivity contribution >= 4 is 11.8 Å². The van der Waals surface area contributed by atoms with Gasteiger partial charge in [-0.15, -0.1) is 0 Å². The van der Waals surface area contributed by atoms with Gasteiger partial charge in [-0.3, -0.25) is 0 Å². The maximum atomic E-state index is 5.04. The summed E-state index contributed by atoms with van der Waals surface area (Å²) in [5, 5.41) is 3.49. The normalized spacial score (nSPS) is 14.1. The van der Waals surface area contributed by atoms with E-state index >= 15 is 0 Å². The largest absolute Gasteiger partial charge is 0.383 e. The summed E-state index contributed by atoms with van der Waals surface area (Å²) in [6.07, 6.45) is 1.31. The number of hydrogen-bond acceptors (Lipinski definition) is 3. The van der Waals surface area contributed by atoms with Crippen molar-refractivity contribution in [3.63, 3.8) is 0 Å². The standard InChI is InChI=1S/C13H29NOS/c1-6-16-10-7-12(13(2,3)4)11-14-8-9-15-5/h12,14H,6-11H2,1-5H3. The monoisotopic (exact) mass is 247 g/mol. The lowest BCUT2D eigenvalue weighted by Gasteiger charge is -2.31. The minimum Gasteiger partial charge on any atom is -0.383 e. The van der Waals surface area contributed by atoms with Crippen molar-refractivity contribution in [3.05, 3.63) is 0 Å². The Morgan fingerprint density at radius 3 is 2.50 bits per heavy atom. The molecule has 3 heteroatoms. The topological polar surface area (TPSA) is 21.3 Å². The molecule has 16 heavy (non-hydrogen) atoms. The molecule has 98 valence electrons. The van der Waals surface area contributed by atoms with Crippen molar-refractivity contribution in [1.82, 2.24) is 5.32 Å². The van der Waals surface area contributed by atoms with Gasteiger partial charge in [0.05, 0.1) is 6.61 Å². The van der Waals surface area contributed by atoms with E-state index in [-0.39, 0.29) is 0 Å². The zero-order valence-corrected chi connectivity index (χ0v) is 12.5. The van der Waals surface area contributed by atoms with E-state index in [0.717, 1.165) is 25.6 Å². The van der Waals surface area contributed by atoms with Crippen molar-refractivity contribution in [2.45, 2.75) is 34.1 Å². The molecule has 0 saturated heterocycles. The Kier molecular flexibility index (Phi) is 9.47. The van der Waals surface area contributed by atoms with Crippen molar-refractivity contribution in [1.29, 1.82) is 0 Å². The van der Waals surface area contributed by atoms with Crippen molar-refractivity contribution < 1.29 is 4.74 Å². The van der Waals surface area contributed by atoms with Gasteiger partial charge in [0.2, 0.25) is 0 Å². The summed E-state index contributed by atoms with van der Waals surface area (Å²) >= 11 is 2.04. The van der Waals surface area contributed by atoms with Gasteiger partial charge >= 0.3 is 0 Å². The lowest BCUT2D eigenvalue weighted by molar-refractivity contribution is 0.185. The first-order valence-electron chi connectivity index (χ1n) is 6.29. The maximum absolute atomic E-state index is 5.04. The number of hydrogen-bond donors (Lipinski definition) is 1. The van der Waals surface area contributed by atoms with Gasteiger partial charge < -0.3 is 10.1 Å². The molecule has 0 amide bonds. The van der Waals surface area contributed by atoms with E-state index in [1.807, 2.05) is 11.8 Å². The molecule has 0 aliphatic heterocycles. The van der Waals surface area contributed by atoms with Crippen LogP contribution >= 0.6 is 11.8 Å².